The molecule has 0 aromatic rings. The van der Waals surface area contributed by atoms with Crippen molar-refractivity contribution >= 4 is 34.8 Å². The number of carbonyl (C=O) groups is 2. The number of sulfonamides is 1. The fourth-order valence-corrected chi connectivity index (χ4v) is 8.45. The van der Waals surface area contributed by atoms with Crippen molar-refractivity contribution in [1.29, 1.82) is 0 Å². The Balaban J connectivity index is 1.58. The van der Waals surface area contributed by atoms with Crippen molar-refractivity contribution in [3.63, 3.8) is 0 Å². The zero-order chi connectivity index (χ0) is 35.7. The Labute approximate surface area is 287 Å². The molecule has 14 nitrogen and oxygen atoms in total. The van der Waals surface area contributed by atoms with E-state index in [-0.39, 0.29) is 59.7 Å². The van der Waals surface area contributed by atoms with Crippen LogP contribution < -0.4 is 21.2 Å². The highest BCUT2D eigenvalue weighted by Crippen LogP contribution is 2.65. The molecule has 48 heavy (non-hydrogen) atoms. The maximum atomic E-state index is 13.9. The Morgan fingerprint density at radius 1 is 1.10 bits per heavy atom. The predicted molar refractivity (Wildman–Crippen MR) is 186 cm³/mol. The van der Waals surface area contributed by atoms with Gasteiger partial charge in [-0.2, -0.15) is 0 Å². The Hall–Kier alpha value is -2.30. The molecule has 5 N–H and O–H groups in total. The van der Waals surface area contributed by atoms with E-state index in [0.717, 1.165) is 38.5 Å². The average Bonchev–Trinajstić information content (AvgIpc) is 3.36. The average molecular weight is 699 g/mol. The Bertz CT molecular complexity index is 1250. The molecule has 0 aromatic heterocycles. The Kier molecular flexibility index (Phi) is 14.7. The van der Waals surface area contributed by atoms with Gasteiger partial charge in [-0.05, 0) is 82.0 Å². The number of nitro groups is 1. The van der Waals surface area contributed by atoms with Gasteiger partial charge in [-0.1, -0.05) is 52.4 Å². The van der Waals surface area contributed by atoms with Crippen LogP contribution in [0.3, 0.4) is 0 Å². The summed E-state index contributed by atoms with van der Waals surface area (Å²) >= 11 is 0. The monoisotopic (exact) mass is 698 g/mol. The number of nitrogens with two attached hydrogens (primary N) is 1. The first-order valence-electron chi connectivity index (χ1n) is 17.8. The molecule has 0 radical (unpaired) electrons. The SMILES string of the molecule is CCS(=O)(=O)NCCCCCCCC(=O)C[C@@H](CCCN=C(N)N[N+](=O)[O-])C(=O)N[C@@H](CC(C)C)B1O[C@@H]2C[C@H]3C[C@H](C3(C)C)[C@]2(C)O1. The lowest BCUT2D eigenvalue weighted by Gasteiger charge is -2.64. The summed E-state index contributed by atoms with van der Waals surface area (Å²) in [6.07, 6.45) is 7.95. The van der Waals surface area contributed by atoms with E-state index in [1.54, 1.807) is 6.92 Å². The van der Waals surface area contributed by atoms with Crippen LogP contribution >= 0.6 is 0 Å². The van der Waals surface area contributed by atoms with Gasteiger partial charge >= 0.3 is 7.12 Å². The van der Waals surface area contributed by atoms with Crippen molar-refractivity contribution in [2.75, 3.05) is 18.8 Å². The fraction of sp³-hybridized carbons (Fsp3) is 0.906. The van der Waals surface area contributed by atoms with E-state index in [1.807, 2.05) is 5.43 Å². The number of amides is 1. The maximum Gasteiger partial charge on any atom is 0.481 e. The van der Waals surface area contributed by atoms with E-state index in [2.05, 4.69) is 49.6 Å². The highest BCUT2D eigenvalue weighted by molar-refractivity contribution is 7.89. The first-order chi connectivity index (χ1) is 22.5. The molecule has 4 fully saturated rings. The number of aliphatic imine (C=N–C) groups is 1. The number of hydrazine groups is 1. The largest absolute Gasteiger partial charge is 0.481 e. The molecule has 0 aromatic carbocycles. The molecule has 1 aliphatic heterocycles. The molecule has 1 heterocycles. The lowest BCUT2D eigenvalue weighted by atomic mass is 9.43. The summed E-state index contributed by atoms with van der Waals surface area (Å²) in [4.78, 5) is 41.5. The van der Waals surface area contributed by atoms with Crippen LogP contribution in [-0.2, 0) is 28.9 Å². The Morgan fingerprint density at radius 3 is 2.44 bits per heavy atom. The number of Topliss-reactive ketones (excluding diaryl/α,β-unsaturated/α-hetero) is 1. The summed E-state index contributed by atoms with van der Waals surface area (Å²) in [5.74, 6) is -0.207. The standard InChI is InChI=1S/C32H59BN6O8S/c1-7-48(44,45)36-17-12-10-8-9-11-15-25(40)19-23(14-13-16-35-30(34)38-39(42)43)29(41)37-28(18-22(2)3)33-46-27-21-24-20-26(31(24,4)5)32(27,6)47-33/h22-24,26-28,36H,7-21H2,1-6H3,(H,37,41)(H3,34,35,38)/t23-,24-,26-,27-,28+,32+/m1/s1. The number of nitrogens with one attached hydrogen (secondary N) is 3. The van der Waals surface area contributed by atoms with Gasteiger partial charge in [0.2, 0.25) is 15.9 Å². The minimum Gasteiger partial charge on any atom is -0.404 e. The van der Waals surface area contributed by atoms with Crippen molar-refractivity contribution in [1.82, 2.24) is 15.5 Å². The zero-order valence-electron chi connectivity index (χ0n) is 29.8. The maximum absolute atomic E-state index is 13.9. The van der Waals surface area contributed by atoms with Gasteiger partial charge in [-0.3, -0.25) is 9.59 Å². The molecule has 4 aliphatic rings. The van der Waals surface area contributed by atoms with Crippen LogP contribution in [0.25, 0.3) is 0 Å². The van der Waals surface area contributed by atoms with Gasteiger partial charge in [0, 0.05) is 31.8 Å². The number of carbonyl (C=O) groups excluding carboxylic acids is 2. The van der Waals surface area contributed by atoms with E-state index < -0.39 is 33.7 Å². The van der Waals surface area contributed by atoms with Gasteiger partial charge in [0.05, 0.1) is 23.4 Å². The number of unbranched alkanes of at least 4 members (excludes halogenated alkanes) is 4. The summed E-state index contributed by atoms with van der Waals surface area (Å²) < 4.78 is 38.9. The summed E-state index contributed by atoms with van der Waals surface area (Å²) in [6.45, 7) is 13.1. The van der Waals surface area contributed by atoms with Crippen LogP contribution in [0.15, 0.2) is 4.99 Å². The third kappa shape index (κ3) is 11.1. The van der Waals surface area contributed by atoms with Crippen LogP contribution in [-0.4, -0.2) is 74.7 Å². The molecule has 274 valence electrons. The van der Waals surface area contributed by atoms with Gasteiger partial charge in [0.1, 0.15) is 5.78 Å². The van der Waals surface area contributed by atoms with Crippen molar-refractivity contribution < 1.29 is 32.3 Å². The van der Waals surface area contributed by atoms with Crippen LogP contribution in [0, 0.1) is 39.2 Å². The predicted octanol–water partition coefficient (Wildman–Crippen LogP) is 3.52. The number of hydrogen-bond donors (Lipinski definition) is 4. The minimum absolute atomic E-state index is 0.00166. The van der Waals surface area contributed by atoms with E-state index >= 15 is 0 Å². The highest BCUT2D eigenvalue weighted by Gasteiger charge is 2.68. The van der Waals surface area contributed by atoms with E-state index in [9.17, 15) is 28.1 Å². The summed E-state index contributed by atoms with van der Waals surface area (Å²) in [5, 5.41) is 13.0. The van der Waals surface area contributed by atoms with E-state index in [0.29, 0.717) is 50.5 Å². The molecule has 6 atom stereocenters. The summed E-state index contributed by atoms with van der Waals surface area (Å²) in [6, 6.07) is 0. The van der Waals surface area contributed by atoms with Crippen LogP contribution in [0.5, 0.6) is 0 Å². The molecule has 4 rings (SSSR count). The van der Waals surface area contributed by atoms with E-state index in [4.69, 9.17) is 15.0 Å². The lowest BCUT2D eigenvalue weighted by molar-refractivity contribution is -0.525. The number of rotatable bonds is 22. The third-order valence-corrected chi connectivity index (χ3v) is 12.1. The minimum atomic E-state index is -3.18. The number of ketones is 1. The van der Waals surface area contributed by atoms with Crippen molar-refractivity contribution in [2.24, 2.45) is 39.8 Å². The van der Waals surface area contributed by atoms with Crippen molar-refractivity contribution in [2.45, 2.75) is 136 Å². The van der Waals surface area contributed by atoms with Crippen LogP contribution in [0.4, 0.5) is 0 Å². The van der Waals surface area contributed by atoms with Crippen molar-refractivity contribution in [3.8, 4) is 0 Å². The second-order valence-electron chi connectivity index (χ2n) is 15.1. The molecule has 3 aliphatic carbocycles. The topological polar surface area (TPSA) is 204 Å². The van der Waals surface area contributed by atoms with Gasteiger partial charge in [0.15, 0.2) is 5.03 Å². The fourth-order valence-electron chi connectivity index (χ4n) is 7.79. The highest BCUT2D eigenvalue weighted by atomic mass is 32.2. The summed E-state index contributed by atoms with van der Waals surface area (Å²) in [5.41, 5.74) is 7.14. The molecule has 1 saturated heterocycles. The number of nitrogens with zero attached hydrogens (tertiary/aromatic N) is 2. The van der Waals surface area contributed by atoms with Crippen LogP contribution in [0.2, 0.25) is 0 Å². The van der Waals surface area contributed by atoms with Crippen molar-refractivity contribution in [3.05, 3.63) is 10.1 Å². The van der Waals surface area contributed by atoms with Gasteiger partial charge in [-0.25, -0.2) is 28.2 Å². The normalized spacial score (nSPS) is 26.0. The molecule has 3 saturated carbocycles. The quantitative estimate of drug-likeness (QED) is 0.0323. The van der Waals surface area contributed by atoms with Gasteiger partial charge in [-0.15, -0.1) is 0 Å². The summed E-state index contributed by atoms with van der Waals surface area (Å²) in [7, 11) is -3.76. The van der Waals surface area contributed by atoms with E-state index in [1.165, 1.54) is 0 Å². The first kappa shape index (κ1) is 40.1. The zero-order valence-corrected chi connectivity index (χ0v) is 30.6. The Morgan fingerprint density at radius 2 is 1.79 bits per heavy atom. The molecule has 2 bridgehead atoms. The van der Waals surface area contributed by atoms with Gasteiger partial charge in [0.25, 0.3) is 5.96 Å². The second kappa shape index (κ2) is 17.6. The smallest absolute Gasteiger partial charge is 0.404 e. The first-order valence-corrected chi connectivity index (χ1v) is 19.5. The molecule has 0 spiro atoms. The molecule has 16 heteroatoms. The number of guanidine groups is 1. The van der Waals surface area contributed by atoms with Crippen LogP contribution in [0.1, 0.15) is 119 Å². The molecule has 0 unspecified atom stereocenters. The number of hydrogen-bond acceptors (Lipinski definition) is 9. The molecule has 1 amide bonds. The second-order valence-corrected chi connectivity index (χ2v) is 17.2. The molecular formula is C32H59BN6O8S. The lowest BCUT2D eigenvalue weighted by Crippen LogP contribution is -2.65. The molecular weight excluding hydrogens is 639 g/mol. The van der Waals surface area contributed by atoms with Gasteiger partial charge < -0.3 is 20.4 Å². The third-order valence-electron chi connectivity index (χ3n) is 10.7.